The molecule has 0 spiro atoms. The Balaban J connectivity index is 2.39. The lowest BCUT2D eigenvalue weighted by molar-refractivity contribution is -0.0436. The molecule has 1 unspecified atom stereocenters. The minimum atomic E-state index is -0.454. The van der Waals surface area contributed by atoms with Crippen LogP contribution in [0, 0.1) is 0 Å². The van der Waals surface area contributed by atoms with E-state index in [0.29, 0.717) is 18.8 Å². The molecule has 3 nitrogen and oxygen atoms in total. The van der Waals surface area contributed by atoms with Crippen molar-refractivity contribution in [3.63, 3.8) is 0 Å². The molecule has 1 aromatic carbocycles. The molecule has 1 rings (SSSR count). The number of Topliss-reactive ketones (excluding diaryl/α,β-unsaturated/α-hetero) is 1. The van der Waals surface area contributed by atoms with E-state index in [0.717, 1.165) is 4.47 Å². The van der Waals surface area contributed by atoms with E-state index < -0.39 is 6.10 Å². The molecule has 0 radical (unpaired) electrons. The predicted octanol–water partition coefficient (Wildman–Crippen LogP) is 3.85. The first-order chi connectivity index (χ1) is 8.79. The highest BCUT2D eigenvalue weighted by Crippen LogP contribution is 2.13. The van der Waals surface area contributed by atoms with Crippen LogP contribution in [-0.4, -0.2) is 30.7 Å². The second-order valence-electron chi connectivity index (χ2n) is 5.34. The Hall–Kier alpha value is -0.710. The van der Waals surface area contributed by atoms with Gasteiger partial charge in [0.1, 0.15) is 6.10 Å². The number of hydrogen-bond donors (Lipinski definition) is 0. The number of carbonyl (C=O) groups is 1. The first-order valence-corrected chi connectivity index (χ1v) is 7.14. The third kappa shape index (κ3) is 6.32. The number of halogens is 1. The fourth-order valence-electron chi connectivity index (χ4n) is 1.50. The molecule has 0 aromatic heterocycles. The van der Waals surface area contributed by atoms with Gasteiger partial charge >= 0.3 is 0 Å². The third-order valence-corrected chi connectivity index (χ3v) is 3.01. The van der Waals surface area contributed by atoms with Gasteiger partial charge in [-0.05, 0) is 39.8 Å². The van der Waals surface area contributed by atoms with E-state index in [1.807, 2.05) is 32.9 Å². The van der Waals surface area contributed by atoms with Crippen molar-refractivity contribution < 1.29 is 14.3 Å². The van der Waals surface area contributed by atoms with Crippen molar-refractivity contribution in [1.29, 1.82) is 0 Å². The van der Waals surface area contributed by atoms with Gasteiger partial charge in [0.25, 0.3) is 0 Å². The summed E-state index contributed by atoms with van der Waals surface area (Å²) in [7, 11) is 0. The summed E-state index contributed by atoms with van der Waals surface area (Å²) in [5, 5.41) is 0. The summed E-state index contributed by atoms with van der Waals surface area (Å²) < 4.78 is 12.0. The summed E-state index contributed by atoms with van der Waals surface area (Å²) in [5.74, 6) is -0.0109. The number of rotatable bonds is 6. The monoisotopic (exact) mass is 328 g/mol. The molecular formula is C15H21BrO3. The van der Waals surface area contributed by atoms with Gasteiger partial charge in [-0.1, -0.05) is 28.1 Å². The largest absolute Gasteiger partial charge is 0.373 e. The zero-order chi connectivity index (χ0) is 14.5. The van der Waals surface area contributed by atoms with Crippen molar-refractivity contribution >= 4 is 21.7 Å². The van der Waals surface area contributed by atoms with Gasteiger partial charge in [0.15, 0.2) is 5.78 Å². The quantitative estimate of drug-likeness (QED) is 0.587. The highest BCUT2D eigenvalue weighted by atomic mass is 79.9. The van der Waals surface area contributed by atoms with Gasteiger partial charge in [-0.15, -0.1) is 0 Å². The van der Waals surface area contributed by atoms with Crippen LogP contribution in [0.1, 0.15) is 38.1 Å². The molecule has 1 aromatic rings. The molecule has 0 fully saturated rings. The van der Waals surface area contributed by atoms with E-state index in [1.54, 1.807) is 19.1 Å². The lowest BCUT2D eigenvalue weighted by Gasteiger charge is -2.20. The van der Waals surface area contributed by atoms with E-state index >= 15 is 0 Å². The zero-order valence-corrected chi connectivity index (χ0v) is 13.5. The van der Waals surface area contributed by atoms with Crippen LogP contribution in [0.25, 0.3) is 0 Å². The summed E-state index contributed by atoms with van der Waals surface area (Å²) in [6.07, 6.45) is -0.454. The fraction of sp³-hybridized carbons (Fsp3) is 0.533. The van der Waals surface area contributed by atoms with Gasteiger partial charge in [0.05, 0.1) is 18.8 Å². The number of ketones is 1. The molecular weight excluding hydrogens is 308 g/mol. The van der Waals surface area contributed by atoms with E-state index in [9.17, 15) is 4.79 Å². The summed E-state index contributed by atoms with van der Waals surface area (Å²) in [6, 6.07) is 7.28. The molecule has 0 amide bonds. The normalized spacial score (nSPS) is 13.3. The van der Waals surface area contributed by atoms with Gasteiger partial charge in [0, 0.05) is 10.0 Å². The van der Waals surface area contributed by atoms with Crippen molar-refractivity contribution in [3.05, 3.63) is 34.3 Å². The average Bonchev–Trinajstić information content (AvgIpc) is 2.33. The predicted molar refractivity (Wildman–Crippen MR) is 79.6 cm³/mol. The van der Waals surface area contributed by atoms with Crippen LogP contribution >= 0.6 is 15.9 Å². The standard InChI is InChI=1S/C15H21BrO3/c1-11(18-9-10-19-15(2,3)4)14(17)12-5-7-13(16)8-6-12/h5-8,11H,9-10H2,1-4H3. The van der Waals surface area contributed by atoms with Crippen molar-refractivity contribution in [1.82, 2.24) is 0 Å². The number of hydrogen-bond acceptors (Lipinski definition) is 3. The molecule has 0 heterocycles. The first-order valence-electron chi connectivity index (χ1n) is 6.35. The molecule has 1 atom stereocenters. The maximum absolute atomic E-state index is 12.1. The van der Waals surface area contributed by atoms with Crippen LogP contribution < -0.4 is 0 Å². The zero-order valence-electron chi connectivity index (χ0n) is 11.9. The van der Waals surface area contributed by atoms with Gasteiger partial charge in [-0.2, -0.15) is 0 Å². The number of carbonyl (C=O) groups excluding carboxylic acids is 1. The van der Waals surface area contributed by atoms with Crippen molar-refractivity contribution in [2.45, 2.75) is 39.4 Å². The molecule has 0 aliphatic rings. The second kappa shape index (κ2) is 7.17. The van der Waals surface area contributed by atoms with Crippen LogP contribution in [0.4, 0.5) is 0 Å². The van der Waals surface area contributed by atoms with Crippen LogP contribution in [0.2, 0.25) is 0 Å². The summed E-state index contributed by atoms with van der Waals surface area (Å²) in [5.41, 5.74) is 0.481. The Morgan fingerprint density at radius 1 is 1.21 bits per heavy atom. The molecule has 19 heavy (non-hydrogen) atoms. The Bertz CT molecular complexity index is 406. The second-order valence-corrected chi connectivity index (χ2v) is 6.26. The Morgan fingerprint density at radius 3 is 2.32 bits per heavy atom. The van der Waals surface area contributed by atoms with Crippen LogP contribution in [-0.2, 0) is 9.47 Å². The van der Waals surface area contributed by atoms with Crippen molar-refractivity contribution in [3.8, 4) is 0 Å². The molecule has 0 N–H and O–H groups in total. The van der Waals surface area contributed by atoms with Crippen LogP contribution in [0.15, 0.2) is 28.7 Å². The minimum Gasteiger partial charge on any atom is -0.373 e. The van der Waals surface area contributed by atoms with E-state index in [1.165, 1.54) is 0 Å². The smallest absolute Gasteiger partial charge is 0.191 e. The third-order valence-electron chi connectivity index (χ3n) is 2.48. The van der Waals surface area contributed by atoms with Crippen molar-refractivity contribution in [2.24, 2.45) is 0 Å². The molecule has 106 valence electrons. The summed E-state index contributed by atoms with van der Waals surface area (Å²) in [4.78, 5) is 12.1. The SMILES string of the molecule is CC(OCCOC(C)(C)C)C(=O)c1ccc(Br)cc1. The molecule has 0 saturated heterocycles. The Kier molecular flexibility index (Phi) is 6.17. The Morgan fingerprint density at radius 2 is 1.79 bits per heavy atom. The van der Waals surface area contributed by atoms with Crippen molar-refractivity contribution in [2.75, 3.05) is 13.2 Å². The van der Waals surface area contributed by atoms with Gasteiger partial charge in [-0.25, -0.2) is 0 Å². The lowest BCUT2D eigenvalue weighted by atomic mass is 10.1. The molecule has 0 bridgehead atoms. The minimum absolute atomic E-state index is 0.0109. The Labute approximate surface area is 123 Å². The molecule has 0 aliphatic carbocycles. The average molecular weight is 329 g/mol. The van der Waals surface area contributed by atoms with Gasteiger partial charge < -0.3 is 9.47 Å². The summed E-state index contributed by atoms with van der Waals surface area (Å²) in [6.45, 7) is 8.64. The maximum Gasteiger partial charge on any atom is 0.191 e. The number of benzene rings is 1. The topological polar surface area (TPSA) is 35.5 Å². The van der Waals surface area contributed by atoms with E-state index in [-0.39, 0.29) is 11.4 Å². The van der Waals surface area contributed by atoms with Crippen LogP contribution in [0.5, 0.6) is 0 Å². The number of ether oxygens (including phenoxy) is 2. The first kappa shape index (κ1) is 16.3. The maximum atomic E-state index is 12.1. The fourth-order valence-corrected chi connectivity index (χ4v) is 1.76. The van der Waals surface area contributed by atoms with E-state index in [4.69, 9.17) is 9.47 Å². The van der Waals surface area contributed by atoms with Gasteiger partial charge in [0.2, 0.25) is 0 Å². The summed E-state index contributed by atoms with van der Waals surface area (Å²) >= 11 is 3.34. The highest BCUT2D eigenvalue weighted by Gasteiger charge is 2.16. The molecule has 4 heteroatoms. The molecule has 0 aliphatic heterocycles. The molecule has 0 saturated carbocycles. The van der Waals surface area contributed by atoms with E-state index in [2.05, 4.69) is 15.9 Å². The highest BCUT2D eigenvalue weighted by molar-refractivity contribution is 9.10. The van der Waals surface area contributed by atoms with Crippen LogP contribution in [0.3, 0.4) is 0 Å². The van der Waals surface area contributed by atoms with Gasteiger partial charge in [-0.3, -0.25) is 4.79 Å². The lowest BCUT2D eigenvalue weighted by Crippen LogP contribution is -2.26.